The number of halogens is 4. The van der Waals surface area contributed by atoms with E-state index in [9.17, 15) is 0 Å². The summed E-state index contributed by atoms with van der Waals surface area (Å²) in [5.74, 6) is 0.961. The van der Waals surface area contributed by atoms with Crippen molar-refractivity contribution in [1.29, 1.82) is 0 Å². The molecule has 0 aliphatic rings. The van der Waals surface area contributed by atoms with Gasteiger partial charge in [0, 0.05) is 25.2 Å². The minimum Gasteiger partial charge on any atom is -0.490 e. The lowest BCUT2D eigenvalue weighted by Gasteiger charge is -2.11. The molecule has 0 spiro atoms. The van der Waals surface area contributed by atoms with Crippen molar-refractivity contribution >= 4 is 55.1 Å². The van der Waals surface area contributed by atoms with Crippen molar-refractivity contribution in [2.75, 3.05) is 19.8 Å². The van der Waals surface area contributed by atoms with Crippen molar-refractivity contribution < 1.29 is 14.6 Å². The van der Waals surface area contributed by atoms with Gasteiger partial charge in [-0.3, -0.25) is 0 Å². The molecule has 1 aromatic rings. The van der Waals surface area contributed by atoms with Crippen LogP contribution in [0.1, 0.15) is 6.42 Å². The molecule has 3 nitrogen and oxygen atoms in total. The van der Waals surface area contributed by atoms with E-state index in [1.165, 1.54) is 0 Å². The standard InChI is InChI=1S/C12H12Br2Cl2O3/c13-11(14)2-5-18-8-6-9(15)12(10(16)7-8)19-4-1-3-17/h2,6-7,17H,1,3-5H2. The van der Waals surface area contributed by atoms with Crippen molar-refractivity contribution in [3.8, 4) is 11.5 Å². The van der Waals surface area contributed by atoms with Crippen LogP contribution in [0.2, 0.25) is 10.0 Å². The maximum Gasteiger partial charge on any atom is 0.156 e. The van der Waals surface area contributed by atoms with E-state index in [1.807, 2.05) is 0 Å². The third-order valence-electron chi connectivity index (χ3n) is 2.01. The molecule has 1 aromatic carbocycles. The molecule has 0 aliphatic carbocycles. The van der Waals surface area contributed by atoms with Gasteiger partial charge in [0.05, 0.1) is 20.0 Å². The van der Waals surface area contributed by atoms with Gasteiger partial charge in [-0.05, 0) is 37.9 Å². The maximum atomic E-state index is 8.69. The van der Waals surface area contributed by atoms with E-state index in [1.54, 1.807) is 18.2 Å². The van der Waals surface area contributed by atoms with Crippen LogP contribution in [0.5, 0.6) is 11.5 Å². The highest BCUT2D eigenvalue weighted by Gasteiger charge is 2.10. The second kappa shape index (κ2) is 9.08. The molecule has 0 bridgehead atoms. The Bertz CT molecular complexity index is 426. The second-order valence-electron chi connectivity index (χ2n) is 3.45. The van der Waals surface area contributed by atoms with Gasteiger partial charge < -0.3 is 14.6 Å². The SMILES string of the molecule is OCCCOc1c(Cl)cc(OCC=C(Br)Br)cc1Cl. The summed E-state index contributed by atoms with van der Waals surface area (Å²) in [4.78, 5) is 0. The van der Waals surface area contributed by atoms with E-state index in [2.05, 4.69) is 31.9 Å². The van der Waals surface area contributed by atoms with Crippen LogP contribution >= 0.6 is 55.1 Å². The Morgan fingerprint density at radius 2 is 1.84 bits per heavy atom. The molecular weight excluding hydrogens is 423 g/mol. The molecular formula is C12H12Br2Cl2O3. The zero-order valence-corrected chi connectivity index (χ0v) is 14.5. The Morgan fingerprint density at radius 3 is 2.37 bits per heavy atom. The smallest absolute Gasteiger partial charge is 0.156 e. The van der Waals surface area contributed by atoms with Crippen molar-refractivity contribution in [1.82, 2.24) is 0 Å². The lowest BCUT2D eigenvalue weighted by molar-refractivity contribution is 0.233. The van der Waals surface area contributed by atoms with Gasteiger partial charge in [-0.1, -0.05) is 23.2 Å². The van der Waals surface area contributed by atoms with Gasteiger partial charge in [-0.25, -0.2) is 0 Å². The van der Waals surface area contributed by atoms with Gasteiger partial charge in [-0.2, -0.15) is 0 Å². The van der Waals surface area contributed by atoms with Gasteiger partial charge in [0.25, 0.3) is 0 Å². The molecule has 19 heavy (non-hydrogen) atoms. The Kier molecular flexibility index (Phi) is 8.18. The number of benzene rings is 1. The van der Waals surface area contributed by atoms with E-state index in [0.717, 1.165) is 3.39 Å². The summed E-state index contributed by atoms with van der Waals surface area (Å²) in [6, 6.07) is 3.27. The molecule has 7 heteroatoms. The minimum absolute atomic E-state index is 0.0597. The van der Waals surface area contributed by atoms with Crippen molar-refractivity contribution in [2.45, 2.75) is 6.42 Å². The van der Waals surface area contributed by atoms with Crippen LogP contribution in [0, 0.1) is 0 Å². The number of aliphatic hydroxyl groups excluding tert-OH is 1. The fraction of sp³-hybridized carbons (Fsp3) is 0.333. The molecule has 0 saturated carbocycles. The first-order valence-electron chi connectivity index (χ1n) is 5.41. The molecule has 0 saturated heterocycles. The summed E-state index contributed by atoms with van der Waals surface area (Å²) in [6.45, 7) is 0.794. The first kappa shape index (κ1) is 17.1. The Balaban J connectivity index is 2.70. The second-order valence-corrected chi connectivity index (χ2v) is 7.03. The molecule has 0 radical (unpaired) electrons. The molecule has 106 valence electrons. The summed E-state index contributed by atoms with van der Waals surface area (Å²) in [5.41, 5.74) is 0. The highest BCUT2D eigenvalue weighted by molar-refractivity contribution is 9.28. The van der Waals surface area contributed by atoms with Crippen LogP contribution in [-0.4, -0.2) is 24.9 Å². The normalized spacial score (nSPS) is 10.2. The van der Waals surface area contributed by atoms with Crippen molar-refractivity contribution in [2.24, 2.45) is 0 Å². The Labute approximate surface area is 138 Å². The zero-order chi connectivity index (χ0) is 14.3. The third kappa shape index (κ3) is 6.36. The molecule has 0 fully saturated rings. The van der Waals surface area contributed by atoms with Crippen LogP contribution < -0.4 is 9.47 Å². The maximum absolute atomic E-state index is 8.69. The lowest BCUT2D eigenvalue weighted by Crippen LogP contribution is -2.01. The van der Waals surface area contributed by atoms with Crippen LogP contribution in [0.3, 0.4) is 0 Å². The molecule has 0 atom stereocenters. The average Bonchev–Trinajstić information content (AvgIpc) is 2.32. The van der Waals surface area contributed by atoms with E-state index in [4.69, 9.17) is 37.8 Å². The van der Waals surface area contributed by atoms with E-state index in [0.29, 0.717) is 41.2 Å². The van der Waals surface area contributed by atoms with E-state index >= 15 is 0 Å². The zero-order valence-electron chi connectivity index (χ0n) is 9.84. The topological polar surface area (TPSA) is 38.7 Å². The number of aliphatic hydroxyl groups is 1. The number of rotatable bonds is 7. The first-order chi connectivity index (χ1) is 9.04. The van der Waals surface area contributed by atoms with Crippen LogP contribution in [0.25, 0.3) is 0 Å². The summed E-state index contributed by atoms with van der Waals surface area (Å²) < 4.78 is 11.7. The van der Waals surface area contributed by atoms with E-state index in [-0.39, 0.29) is 6.61 Å². The number of hydrogen-bond donors (Lipinski definition) is 1. The summed E-state index contributed by atoms with van der Waals surface area (Å²) in [6.07, 6.45) is 2.32. The molecule has 0 unspecified atom stereocenters. The third-order valence-corrected chi connectivity index (χ3v) is 3.22. The Morgan fingerprint density at radius 1 is 1.21 bits per heavy atom. The minimum atomic E-state index is 0.0597. The number of ether oxygens (including phenoxy) is 2. The fourth-order valence-electron chi connectivity index (χ4n) is 1.20. The molecule has 1 rings (SSSR count). The quantitative estimate of drug-likeness (QED) is 0.628. The highest BCUT2D eigenvalue weighted by Crippen LogP contribution is 2.37. The van der Waals surface area contributed by atoms with Crippen molar-refractivity contribution in [3.05, 3.63) is 31.6 Å². The van der Waals surface area contributed by atoms with E-state index < -0.39 is 0 Å². The van der Waals surface area contributed by atoms with Crippen LogP contribution in [0.15, 0.2) is 21.6 Å². The first-order valence-corrected chi connectivity index (χ1v) is 7.75. The predicted octanol–water partition coefficient (Wildman–Crippen LogP) is 4.76. The van der Waals surface area contributed by atoms with Crippen LogP contribution in [0.4, 0.5) is 0 Å². The molecule has 1 N–H and O–H groups in total. The summed E-state index contributed by atoms with van der Waals surface area (Å²) in [5, 5.41) is 9.44. The molecule has 0 heterocycles. The van der Waals surface area contributed by atoms with Crippen molar-refractivity contribution in [3.63, 3.8) is 0 Å². The van der Waals surface area contributed by atoms with Gasteiger partial charge in [0.15, 0.2) is 5.75 Å². The monoisotopic (exact) mass is 432 g/mol. The van der Waals surface area contributed by atoms with Gasteiger partial charge >= 0.3 is 0 Å². The van der Waals surface area contributed by atoms with Gasteiger partial charge in [-0.15, -0.1) is 0 Å². The number of hydrogen-bond acceptors (Lipinski definition) is 3. The summed E-state index contributed by atoms with van der Waals surface area (Å²) >= 11 is 18.6. The van der Waals surface area contributed by atoms with Gasteiger partial charge in [0.1, 0.15) is 12.4 Å². The molecule has 0 amide bonds. The molecule has 0 aliphatic heterocycles. The van der Waals surface area contributed by atoms with Gasteiger partial charge in [0.2, 0.25) is 0 Å². The predicted molar refractivity (Wildman–Crippen MR) is 85.1 cm³/mol. The highest BCUT2D eigenvalue weighted by atomic mass is 79.9. The van der Waals surface area contributed by atoms with Crippen LogP contribution in [-0.2, 0) is 0 Å². The molecule has 0 aromatic heterocycles. The average molecular weight is 435 g/mol. The Hall–Kier alpha value is 0.0600. The fourth-order valence-corrected chi connectivity index (χ4v) is 2.04. The lowest BCUT2D eigenvalue weighted by atomic mass is 10.3. The summed E-state index contributed by atoms with van der Waals surface area (Å²) in [7, 11) is 0. The largest absolute Gasteiger partial charge is 0.490 e.